The highest BCUT2D eigenvalue weighted by atomic mass is 32.2. The van der Waals surface area contributed by atoms with Crippen molar-refractivity contribution in [3.05, 3.63) is 24.3 Å². The Bertz CT molecular complexity index is 499. The molecule has 0 aliphatic rings. The average Bonchev–Trinajstić information content (AvgIpc) is 2.15. The first-order valence-corrected chi connectivity index (χ1v) is 7.01. The van der Waals surface area contributed by atoms with Crippen LogP contribution in [0, 0.1) is 0 Å². The van der Waals surface area contributed by atoms with Crippen LogP contribution in [-0.4, -0.2) is 33.0 Å². The molecular weight excluding hydrogens is 242 g/mol. The fourth-order valence-corrected chi connectivity index (χ4v) is 1.61. The highest BCUT2D eigenvalue weighted by molar-refractivity contribution is 7.90. The van der Waals surface area contributed by atoms with Gasteiger partial charge in [-0.2, -0.15) is 0 Å². The molecule has 0 aliphatic heterocycles. The van der Waals surface area contributed by atoms with Gasteiger partial charge in [-0.1, -0.05) is 6.07 Å². The van der Waals surface area contributed by atoms with Gasteiger partial charge >= 0.3 is 6.03 Å². The minimum absolute atomic E-state index is 0.0764. The zero-order valence-electron chi connectivity index (χ0n) is 9.43. The Kier molecular flexibility index (Phi) is 4.33. The molecule has 0 radical (unpaired) electrons. The maximum Gasteiger partial charge on any atom is 0.319 e. The van der Waals surface area contributed by atoms with Crippen molar-refractivity contribution in [3.8, 4) is 0 Å². The normalized spacial score (nSPS) is 10.9. The number of hydrogen-bond acceptors (Lipinski definition) is 4. The summed E-state index contributed by atoms with van der Waals surface area (Å²) in [6.45, 7) is 0.0764. The number of rotatable bonds is 4. The van der Waals surface area contributed by atoms with Gasteiger partial charge in [-0.15, -0.1) is 0 Å². The molecule has 0 aromatic heterocycles. The first kappa shape index (κ1) is 13.3. The summed E-state index contributed by atoms with van der Waals surface area (Å²) in [6, 6.07) is 6.25. The Morgan fingerprint density at radius 2 is 2.12 bits per heavy atom. The van der Waals surface area contributed by atoms with E-state index in [2.05, 4.69) is 10.6 Å². The van der Waals surface area contributed by atoms with Gasteiger partial charge in [-0.05, 0) is 18.2 Å². The van der Waals surface area contributed by atoms with E-state index in [4.69, 9.17) is 5.73 Å². The Morgan fingerprint density at radius 3 is 2.71 bits per heavy atom. The number of nitrogens with two attached hydrogens (primary N) is 1. The summed E-state index contributed by atoms with van der Waals surface area (Å²) in [7, 11) is -3.06. The van der Waals surface area contributed by atoms with E-state index in [1.165, 1.54) is 0 Å². The molecule has 0 saturated heterocycles. The number of hydrogen-bond donors (Lipinski definition) is 3. The van der Waals surface area contributed by atoms with Crippen LogP contribution in [0.5, 0.6) is 0 Å². The minimum Gasteiger partial charge on any atom is -0.399 e. The molecule has 0 bridgehead atoms. The molecule has 0 fully saturated rings. The molecule has 0 saturated carbocycles. The van der Waals surface area contributed by atoms with Crippen LogP contribution in [0.1, 0.15) is 0 Å². The molecule has 0 aliphatic carbocycles. The molecule has 0 unspecified atom stereocenters. The highest BCUT2D eigenvalue weighted by Gasteiger charge is 2.04. The van der Waals surface area contributed by atoms with E-state index < -0.39 is 15.9 Å². The smallest absolute Gasteiger partial charge is 0.319 e. The van der Waals surface area contributed by atoms with Crippen LogP contribution in [0.15, 0.2) is 24.3 Å². The summed E-state index contributed by atoms with van der Waals surface area (Å²) < 4.78 is 21.7. The summed E-state index contributed by atoms with van der Waals surface area (Å²) >= 11 is 0. The van der Waals surface area contributed by atoms with E-state index in [0.29, 0.717) is 11.4 Å². The van der Waals surface area contributed by atoms with Crippen molar-refractivity contribution in [2.45, 2.75) is 0 Å². The van der Waals surface area contributed by atoms with Gasteiger partial charge in [-0.25, -0.2) is 13.2 Å². The molecular formula is C10H15N3O3S. The quantitative estimate of drug-likeness (QED) is 0.681. The molecule has 6 nitrogen and oxygen atoms in total. The number of carbonyl (C=O) groups is 1. The second-order valence-corrected chi connectivity index (χ2v) is 5.90. The van der Waals surface area contributed by atoms with Crippen LogP contribution in [0.4, 0.5) is 16.2 Å². The second-order valence-electron chi connectivity index (χ2n) is 3.64. The Hall–Kier alpha value is -1.76. The molecule has 1 aromatic rings. The zero-order valence-corrected chi connectivity index (χ0v) is 10.3. The third-order valence-corrected chi connectivity index (χ3v) is 2.85. The number of nitrogens with one attached hydrogen (secondary N) is 2. The highest BCUT2D eigenvalue weighted by Crippen LogP contribution is 2.11. The van der Waals surface area contributed by atoms with Gasteiger partial charge in [0.2, 0.25) is 0 Å². The van der Waals surface area contributed by atoms with E-state index in [-0.39, 0.29) is 12.3 Å². The standard InChI is InChI=1S/C10H15N3O3S/c1-17(15,16)6-5-12-10(14)13-9-4-2-3-8(11)7-9/h2-4,7H,5-6,11H2,1H3,(H2,12,13,14). The lowest BCUT2D eigenvalue weighted by molar-refractivity contribution is 0.252. The molecule has 0 atom stereocenters. The number of benzene rings is 1. The largest absolute Gasteiger partial charge is 0.399 e. The molecule has 2 amide bonds. The number of nitrogen functional groups attached to an aromatic ring is 1. The number of urea groups is 1. The topological polar surface area (TPSA) is 101 Å². The average molecular weight is 257 g/mol. The Labute approximate surface area is 100 Å². The van der Waals surface area contributed by atoms with Gasteiger partial charge < -0.3 is 16.4 Å². The lowest BCUT2D eigenvalue weighted by atomic mass is 10.3. The second kappa shape index (κ2) is 5.53. The Morgan fingerprint density at radius 1 is 1.41 bits per heavy atom. The third-order valence-electron chi connectivity index (χ3n) is 1.90. The van der Waals surface area contributed by atoms with Crippen LogP contribution in [-0.2, 0) is 9.84 Å². The summed E-state index contributed by atoms with van der Waals surface area (Å²) in [4.78, 5) is 11.4. The molecule has 17 heavy (non-hydrogen) atoms. The van der Waals surface area contributed by atoms with Gasteiger partial charge in [0.05, 0.1) is 5.75 Å². The van der Waals surface area contributed by atoms with Gasteiger partial charge in [0.25, 0.3) is 0 Å². The predicted octanol–water partition coefficient (Wildman–Crippen LogP) is 0.435. The van der Waals surface area contributed by atoms with Crippen molar-refractivity contribution < 1.29 is 13.2 Å². The Balaban J connectivity index is 2.40. The van der Waals surface area contributed by atoms with Crippen molar-refractivity contribution in [2.75, 3.05) is 29.6 Å². The molecule has 7 heteroatoms. The summed E-state index contributed by atoms with van der Waals surface area (Å²) in [5.74, 6) is -0.0860. The minimum atomic E-state index is -3.06. The van der Waals surface area contributed by atoms with E-state index in [0.717, 1.165) is 6.26 Å². The first-order chi connectivity index (χ1) is 7.87. The molecule has 4 N–H and O–H groups in total. The molecule has 94 valence electrons. The number of anilines is 2. The maximum atomic E-state index is 11.4. The number of carbonyl (C=O) groups excluding carboxylic acids is 1. The molecule has 0 heterocycles. The van der Waals surface area contributed by atoms with Gasteiger partial charge in [0, 0.05) is 24.2 Å². The lowest BCUT2D eigenvalue weighted by Crippen LogP contribution is -2.32. The van der Waals surface area contributed by atoms with Crippen LogP contribution < -0.4 is 16.4 Å². The summed E-state index contributed by atoms with van der Waals surface area (Å²) in [5.41, 5.74) is 6.64. The van der Waals surface area contributed by atoms with Crippen LogP contribution in [0.25, 0.3) is 0 Å². The van der Waals surface area contributed by atoms with E-state index >= 15 is 0 Å². The first-order valence-electron chi connectivity index (χ1n) is 4.95. The number of sulfone groups is 1. The van der Waals surface area contributed by atoms with Crippen molar-refractivity contribution in [1.29, 1.82) is 0 Å². The fourth-order valence-electron chi connectivity index (χ4n) is 1.14. The number of amides is 2. The SMILES string of the molecule is CS(=O)(=O)CCNC(=O)Nc1cccc(N)c1. The molecule has 1 rings (SSSR count). The third kappa shape index (κ3) is 5.76. The van der Waals surface area contributed by atoms with Crippen molar-refractivity contribution in [2.24, 2.45) is 0 Å². The lowest BCUT2D eigenvalue weighted by Gasteiger charge is -2.07. The van der Waals surface area contributed by atoms with Crippen LogP contribution in [0.2, 0.25) is 0 Å². The van der Waals surface area contributed by atoms with E-state index in [1.54, 1.807) is 24.3 Å². The maximum absolute atomic E-state index is 11.4. The van der Waals surface area contributed by atoms with Gasteiger partial charge in [-0.3, -0.25) is 0 Å². The van der Waals surface area contributed by atoms with E-state index in [9.17, 15) is 13.2 Å². The fraction of sp³-hybridized carbons (Fsp3) is 0.300. The summed E-state index contributed by atoms with van der Waals surface area (Å²) in [6.07, 6.45) is 1.12. The van der Waals surface area contributed by atoms with E-state index in [1.807, 2.05) is 0 Å². The van der Waals surface area contributed by atoms with Gasteiger partial charge in [0.1, 0.15) is 9.84 Å². The van der Waals surface area contributed by atoms with Crippen molar-refractivity contribution in [1.82, 2.24) is 5.32 Å². The predicted molar refractivity (Wildman–Crippen MR) is 67.6 cm³/mol. The summed E-state index contributed by atoms with van der Waals surface area (Å²) in [5, 5.41) is 4.98. The van der Waals surface area contributed by atoms with Crippen molar-refractivity contribution >= 4 is 27.2 Å². The monoisotopic (exact) mass is 257 g/mol. The van der Waals surface area contributed by atoms with Crippen LogP contribution in [0.3, 0.4) is 0 Å². The zero-order chi connectivity index (χ0) is 12.9. The van der Waals surface area contributed by atoms with Crippen LogP contribution >= 0.6 is 0 Å². The molecule has 1 aromatic carbocycles. The van der Waals surface area contributed by atoms with Gasteiger partial charge in [0.15, 0.2) is 0 Å². The molecule has 0 spiro atoms. The van der Waals surface area contributed by atoms with Crippen molar-refractivity contribution in [3.63, 3.8) is 0 Å².